The van der Waals surface area contributed by atoms with Crippen LogP contribution in [-0.4, -0.2) is 6.41 Å². The molecule has 0 atom stereocenters. The molecular formula is C3H4NNaOS. The number of hydrogen-bond donors (Lipinski definition) is 1. The fraction of sp³-hybridized carbons (Fsp3) is 0. The Hall–Kier alpha value is 0.430. The molecule has 0 spiro atoms. The van der Waals surface area contributed by atoms with Crippen molar-refractivity contribution in [1.29, 1.82) is 0 Å². The maximum Gasteiger partial charge on any atom is 1.00 e. The van der Waals surface area contributed by atoms with E-state index in [1.54, 1.807) is 0 Å². The van der Waals surface area contributed by atoms with Crippen molar-refractivity contribution in [3.63, 3.8) is 0 Å². The summed E-state index contributed by atoms with van der Waals surface area (Å²) in [7, 11) is 0. The van der Waals surface area contributed by atoms with Gasteiger partial charge in [-0.05, 0) is 6.20 Å². The molecule has 0 saturated carbocycles. The number of amides is 1. The van der Waals surface area contributed by atoms with E-state index in [0.29, 0.717) is 6.41 Å². The molecule has 0 aliphatic carbocycles. The second-order valence-electron chi connectivity index (χ2n) is 0.587. The Morgan fingerprint density at radius 2 is 2.14 bits per heavy atom. The fourth-order valence-electron chi connectivity index (χ4n) is 0.0786. The van der Waals surface area contributed by atoms with Crippen molar-refractivity contribution in [2.45, 2.75) is 0 Å². The molecule has 1 N–H and O–H groups in total. The third-order valence-corrected chi connectivity index (χ3v) is 0.368. The molecule has 0 fully saturated rings. The van der Waals surface area contributed by atoms with Crippen LogP contribution in [0, 0.1) is 0 Å². The van der Waals surface area contributed by atoms with Crippen LogP contribution >= 0.6 is 0 Å². The Kier molecular flexibility index (Phi) is 14.4. The van der Waals surface area contributed by atoms with Crippen molar-refractivity contribution < 1.29 is 34.4 Å². The quantitative estimate of drug-likeness (QED) is 0.239. The van der Waals surface area contributed by atoms with Crippen molar-refractivity contribution >= 4 is 19.0 Å². The van der Waals surface area contributed by atoms with Crippen LogP contribution in [0.4, 0.5) is 0 Å². The summed E-state index contributed by atoms with van der Waals surface area (Å²) >= 11 is 4.32. The Bertz CT molecular complexity index is 66.0. The molecule has 0 unspecified atom stereocenters. The first-order chi connectivity index (χ1) is 2.91. The van der Waals surface area contributed by atoms with E-state index < -0.39 is 0 Å². The first-order valence-corrected chi connectivity index (χ1v) is 1.85. The minimum absolute atomic E-state index is 0. The first kappa shape index (κ1) is 10.4. The first-order valence-electron chi connectivity index (χ1n) is 1.38. The van der Waals surface area contributed by atoms with E-state index in [0.717, 1.165) is 0 Å². The van der Waals surface area contributed by atoms with Gasteiger partial charge in [-0.2, -0.15) is 5.41 Å². The summed E-state index contributed by atoms with van der Waals surface area (Å²) in [6.45, 7) is 0. The monoisotopic (exact) mass is 125 g/mol. The summed E-state index contributed by atoms with van der Waals surface area (Å²) in [6, 6.07) is 0. The minimum atomic E-state index is 0. The van der Waals surface area contributed by atoms with E-state index in [-0.39, 0.29) is 29.6 Å². The van der Waals surface area contributed by atoms with Crippen molar-refractivity contribution in [3.05, 3.63) is 11.6 Å². The van der Waals surface area contributed by atoms with E-state index in [1.807, 2.05) is 0 Å². The Morgan fingerprint density at radius 1 is 1.57 bits per heavy atom. The number of carbonyl (C=O) groups excluding carboxylic acids is 1. The number of nitrogens with one attached hydrogen (secondary N) is 1. The topological polar surface area (TPSA) is 29.1 Å². The molecule has 0 aliphatic rings. The molecule has 0 rings (SSSR count). The molecule has 34 valence electrons. The molecule has 2 nitrogen and oxygen atoms in total. The average molecular weight is 125 g/mol. The summed E-state index contributed by atoms with van der Waals surface area (Å²) in [6.07, 6.45) is 1.94. The number of rotatable bonds is 2. The fourth-order valence-corrected chi connectivity index (χ4v) is 0.157. The van der Waals surface area contributed by atoms with Gasteiger partial charge in [-0.15, -0.1) is 0 Å². The summed E-state index contributed by atoms with van der Waals surface area (Å²) in [5, 5.41) is 3.56. The minimum Gasteiger partial charge on any atom is -0.786 e. The van der Waals surface area contributed by atoms with Crippen LogP contribution in [0.5, 0.6) is 0 Å². The molecular weight excluding hydrogens is 121 g/mol. The zero-order valence-corrected chi connectivity index (χ0v) is 6.87. The van der Waals surface area contributed by atoms with Gasteiger partial charge in [0.2, 0.25) is 6.41 Å². The van der Waals surface area contributed by atoms with Crippen LogP contribution in [0.15, 0.2) is 11.6 Å². The number of carbonyl (C=O) groups is 1. The summed E-state index contributed by atoms with van der Waals surface area (Å²) < 4.78 is 0. The van der Waals surface area contributed by atoms with Crippen molar-refractivity contribution in [3.8, 4) is 0 Å². The molecule has 0 aromatic rings. The van der Waals surface area contributed by atoms with Gasteiger partial charge in [0.05, 0.1) is 0 Å². The SMILES string of the molecule is O=CN/C=C\[S-].[Na+]. The largest absolute Gasteiger partial charge is 1.00 e. The summed E-state index contributed by atoms with van der Waals surface area (Å²) in [4.78, 5) is 9.36. The molecule has 0 radical (unpaired) electrons. The van der Waals surface area contributed by atoms with E-state index >= 15 is 0 Å². The molecule has 0 aliphatic heterocycles. The van der Waals surface area contributed by atoms with Crippen LogP contribution in [0.3, 0.4) is 0 Å². The van der Waals surface area contributed by atoms with Gasteiger partial charge in [-0.25, -0.2) is 0 Å². The maximum absolute atomic E-state index is 9.36. The van der Waals surface area contributed by atoms with Gasteiger partial charge >= 0.3 is 29.6 Å². The maximum atomic E-state index is 9.36. The van der Waals surface area contributed by atoms with Gasteiger partial charge < -0.3 is 17.9 Å². The zero-order chi connectivity index (χ0) is 4.83. The van der Waals surface area contributed by atoms with Gasteiger partial charge in [0.25, 0.3) is 0 Å². The van der Waals surface area contributed by atoms with Gasteiger partial charge in [0.1, 0.15) is 0 Å². The van der Waals surface area contributed by atoms with Crippen molar-refractivity contribution in [2.75, 3.05) is 0 Å². The predicted molar refractivity (Wildman–Crippen MR) is 25.7 cm³/mol. The smallest absolute Gasteiger partial charge is 0.786 e. The molecule has 0 bridgehead atoms. The number of hydrogen-bond acceptors (Lipinski definition) is 2. The standard InChI is InChI=1S/C3H5NOS.Na/c5-3-4-1-2-6;/h1-3,6H,(H,4,5);/q;+1/p-1/b2-1-;. The molecule has 0 aromatic carbocycles. The Balaban J connectivity index is 0. The van der Waals surface area contributed by atoms with Crippen LogP contribution < -0.4 is 34.9 Å². The van der Waals surface area contributed by atoms with Gasteiger partial charge in [0.15, 0.2) is 0 Å². The molecule has 7 heavy (non-hydrogen) atoms. The molecule has 4 heteroatoms. The van der Waals surface area contributed by atoms with E-state index in [2.05, 4.69) is 17.9 Å². The summed E-state index contributed by atoms with van der Waals surface area (Å²) in [5.41, 5.74) is 0. The van der Waals surface area contributed by atoms with E-state index in [9.17, 15) is 4.79 Å². The van der Waals surface area contributed by atoms with Crippen molar-refractivity contribution in [2.24, 2.45) is 0 Å². The molecule has 0 saturated heterocycles. The Labute approximate surface area is 70.1 Å². The van der Waals surface area contributed by atoms with Crippen LogP contribution in [0.2, 0.25) is 0 Å². The molecule has 0 heterocycles. The van der Waals surface area contributed by atoms with E-state index in [1.165, 1.54) is 11.6 Å². The van der Waals surface area contributed by atoms with Crippen LogP contribution in [-0.2, 0) is 17.4 Å². The average Bonchev–Trinajstić information content (AvgIpc) is 1.61. The van der Waals surface area contributed by atoms with Crippen molar-refractivity contribution in [1.82, 2.24) is 5.32 Å². The summed E-state index contributed by atoms with van der Waals surface area (Å²) in [5.74, 6) is 0. The van der Waals surface area contributed by atoms with E-state index in [4.69, 9.17) is 0 Å². The second-order valence-corrected chi connectivity index (χ2v) is 0.859. The van der Waals surface area contributed by atoms with Gasteiger partial charge in [-0.1, -0.05) is 0 Å². The second kappa shape index (κ2) is 9.66. The Morgan fingerprint density at radius 3 is 2.29 bits per heavy atom. The third-order valence-electron chi connectivity index (χ3n) is 0.232. The third kappa shape index (κ3) is 10.7. The molecule has 0 aromatic heterocycles. The predicted octanol–water partition coefficient (Wildman–Crippen LogP) is -3.25. The van der Waals surface area contributed by atoms with Gasteiger partial charge in [-0.3, -0.25) is 4.79 Å². The van der Waals surface area contributed by atoms with Crippen LogP contribution in [0.25, 0.3) is 0 Å². The van der Waals surface area contributed by atoms with Gasteiger partial charge in [0, 0.05) is 0 Å². The van der Waals surface area contributed by atoms with Crippen LogP contribution in [0.1, 0.15) is 0 Å². The molecule has 1 amide bonds. The normalized spacial score (nSPS) is 7.43. The zero-order valence-electron chi connectivity index (χ0n) is 4.05.